The number of nitrogens with one attached hydrogen (secondary N) is 2. The van der Waals surface area contributed by atoms with E-state index >= 15 is 0 Å². The zero-order chi connectivity index (χ0) is 22.7. The number of amides is 1. The Hall–Kier alpha value is -2.93. The van der Waals surface area contributed by atoms with Crippen molar-refractivity contribution in [3.63, 3.8) is 0 Å². The first-order valence-electron chi connectivity index (χ1n) is 11.1. The third-order valence-corrected chi connectivity index (χ3v) is 6.12. The number of hydrogen-bond donors (Lipinski definition) is 4. The Bertz CT molecular complexity index is 1130. The van der Waals surface area contributed by atoms with E-state index in [4.69, 9.17) is 5.21 Å². The average Bonchev–Trinajstić information content (AvgIpc) is 3.38. The maximum Gasteiger partial charge on any atom is 0.267 e. The lowest BCUT2D eigenvalue weighted by Crippen LogP contribution is -2.41. The van der Waals surface area contributed by atoms with Gasteiger partial charge in [0.15, 0.2) is 0 Å². The Morgan fingerprint density at radius 3 is 2.88 bits per heavy atom. The molecule has 1 heterocycles. The molecule has 1 amide bonds. The van der Waals surface area contributed by atoms with Crippen LogP contribution in [-0.2, 0) is 17.6 Å². The van der Waals surface area contributed by atoms with E-state index in [9.17, 15) is 9.90 Å². The highest BCUT2D eigenvalue weighted by atomic mass is 16.5. The highest BCUT2D eigenvalue weighted by molar-refractivity contribution is 5.90. The van der Waals surface area contributed by atoms with Gasteiger partial charge in [-0.1, -0.05) is 36.4 Å². The molecule has 0 aliphatic heterocycles. The molecule has 4 N–H and O–H groups in total. The number of para-hydroxylation sites is 1. The Labute approximate surface area is 188 Å². The molecule has 1 atom stereocenters. The second kappa shape index (κ2) is 9.28. The number of rotatable bonds is 8. The van der Waals surface area contributed by atoms with Crippen LogP contribution < -0.4 is 5.48 Å². The number of fused-ring (bicyclic) bond motifs is 2. The summed E-state index contributed by atoms with van der Waals surface area (Å²) in [4.78, 5) is 17.0. The first-order chi connectivity index (χ1) is 15.3. The van der Waals surface area contributed by atoms with E-state index in [0.29, 0.717) is 6.54 Å². The first-order valence-corrected chi connectivity index (χ1v) is 11.1. The van der Waals surface area contributed by atoms with E-state index < -0.39 is 11.5 Å². The van der Waals surface area contributed by atoms with Gasteiger partial charge in [-0.2, -0.15) is 0 Å². The van der Waals surface area contributed by atoms with Crippen LogP contribution in [-0.4, -0.2) is 44.8 Å². The van der Waals surface area contributed by atoms with E-state index in [-0.39, 0.29) is 6.04 Å². The molecule has 6 nitrogen and oxygen atoms in total. The van der Waals surface area contributed by atoms with Gasteiger partial charge in [0, 0.05) is 42.3 Å². The van der Waals surface area contributed by atoms with Gasteiger partial charge in [0.05, 0.1) is 5.60 Å². The van der Waals surface area contributed by atoms with Crippen LogP contribution in [0, 0.1) is 0 Å². The lowest BCUT2D eigenvalue weighted by atomic mass is 10.0. The Balaban J connectivity index is 1.54. The Kier molecular flexibility index (Phi) is 6.46. The van der Waals surface area contributed by atoms with Gasteiger partial charge in [0.2, 0.25) is 0 Å². The van der Waals surface area contributed by atoms with E-state index in [0.717, 1.165) is 36.9 Å². The van der Waals surface area contributed by atoms with E-state index in [1.807, 2.05) is 26.0 Å². The fraction of sp³-hybridized carbons (Fsp3) is 0.346. The molecule has 0 radical (unpaired) electrons. The van der Waals surface area contributed by atoms with E-state index in [2.05, 4.69) is 46.4 Å². The van der Waals surface area contributed by atoms with Crippen molar-refractivity contribution in [3.8, 4) is 0 Å². The largest absolute Gasteiger partial charge is 0.389 e. The highest BCUT2D eigenvalue weighted by Crippen LogP contribution is 2.37. The number of benzene rings is 2. The average molecular weight is 434 g/mol. The number of hydrogen-bond acceptors (Lipinski definition) is 4. The fourth-order valence-electron chi connectivity index (χ4n) is 4.75. The monoisotopic (exact) mass is 433 g/mol. The van der Waals surface area contributed by atoms with Crippen LogP contribution in [0.2, 0.25) is 0 Å². The van der Waals surface area contributed by atoms with Gasteiger partial charge < -0.3 is 10.1 Å². The van der Waals surface area contributed by atoms with Crippen LogP contribution >= 0.6 is 0 Å². The predicted molar refractivity (Wildman–Crippen MR) is 126 cm³/mol. The molecule has 1 unspecified atom stereocenters. The molecular formula is C26H31N3O3. The van der Waals surface area contributed by atoms with Crippen molar-refractivity contribution >= 4 is 22.9 Å². The van der Waals surface area contributed by atoms with Gasteiger partial charge in [-0.3, -0.25) is 14.9 Å². The van der Waals surface area contributed by atoms with Gasteiger partial charge in [-0.25, -0.2) is 5.48 Å². The maximum atomic E-state index is 11.3. The van der Waals surface area contributed by atoms with Gasteiger partial charge >= 0.3 is 0 Å². The number of nitrogens with zero attached hydrogens (tertiary/aromatic N) is 1. The molecule has 32 heavy (non-hydrogen) atoms. The maximum absolute atomic E-state index is 11.3. The van der Waals surface area contributed by atoms with Crippen LogP contribution in [0.25, 0.3) is 17.0 Å². The SMILES string of the molecule is CC(C)(O)CN(CCc1c[nH]c2ccccc12)C1CCc2cc(C=CC(=O)NO)ccc21. The summed E-state index contributed by atoms with van der Waals surface area (Å²) in [5, 5.41) is 20.5. The molecule has 2 aromatic carbocycles. The molecule has 0 saturated carbocycles. The lowest BCUT2D eigenvalue weighted by molar-refractivity contribution is -0.124. The van der Waals surface area contributed by atoms with Gasteiger partial charge in [0.1, 0.15) is 0 Å². The second-order valence-corrected chi connectivity index (χ2v) is 9.21. The molecule has 0 spiro atoms. The lowest BCUT2D eigenvalue weighted by Gasteiger charge is -2.34. The van der Waals surface area contributed by atoms with Gasteiger partial charge in [0.25, 0.3) is 5.91 Å². The van der Waals surface area contributed by atoms with Crippen LogP contribution in [0.5, 0.6) is 0 Å². The molecule has 6 heteroatoms. The number of aromatic amines is 1. The van der Waals surface area contributed by atoms with Crippen molar-refractivity contribution in [2.24, 2.45) is 0 Å². The minimum Gasteiger partial charge on any atom is -0.389 e. The smallest absolute Gasteiger partial charge is 0.267 e. The number of aryl methyl sites for hydroxylation is 1. The molecule has 1 aliphatic carbocycles. The zero-order valence-electron chi connectivity index (χ0n) is 18.6. The van der Waals surface area contributed by atoms with Crippen molar-refractivity contribution in [1.82, 2.24) is 15.4 Å². The molecule has 0 fully saturated rings. The van der Waals surface area contributed by atoms with Gasteiger partial charge in [-0.05, 0) is 67.5 Å². The van der Waals surface area contributed by atoms with Crippen molar-refractivity contribution in [1.29, 1.82) is 0 Å². The molecule has 0 saturated heterocycles. The van der Waals surface area contributed by atoms with E-state index in [1.54, 1.807) is 11.6 Å². The summed E-state index contributed by atoms with van der Waals surface area (Å²) in [6.07, 6.45) is 7.98. The normalized spacial score (nSPS) is 16.2. The quantitative estimate of drug-likeness (QED) is 0.246. The number of aromatic nitrogens is 1. The summed E-state index contributed by atoms with van der Waals surface area (Å²) in [6, 6.07) is 14.8. The number of carbonyl (C=O) groups is 1. The molecule has 4 rings (SSSR count). The highest BCUT2D eigenvalue weighted by Gasteiger charge is 2.31. The standard InChI is InChI=1S/C26H31N3O3/c1-26(2,31)17-29(14-13-20-16-27-23-6-4-3-5-21(20)23)24-11-9-19-15-18(7-10-22(19)24)8-12-25(30)28-32/h3-8,10,12,15-16,24,27,31-32H,9,11,13-14,17H2,1-2H3,(H,28,30). The third-order valence-electron chi connectivity index (χ3n) is 6.12. The Morgan fingerprint density at radius 1 is 1.28 bits per heavy atom. The fourth-order valence-corrected chi connectivity index (χ4v) is 4.75. The number of aliphatic hydroxyl groups is 1. The number of hydroxylamine groups is 1. The van der Waals surface area contributed by atoms with Crippen LogP contribution in [0.15, 0.2) is 54.7 Å². The second-order valence-electron chi connectivity index (χ2n) is 9.21. The molecule has 1 aliphatic rings. The van der Waals surface area contributed by atoms with Crippen LogP contribution in [0.3, 0.4) is 0 Å². The Morgan fingerprint density at radius 2 is 2.09 bits per heavy atom. The topological polar surface area (TPSA) is 88.6 Å². The summed E-state index contributed by atoms with van der Waals surface area (Å²) in [6.45, 7) is 5.18. The number of carbonyl (C=O) groups excluding carboxylic acids is 1. The van der Waals surface area contributed by atoms with Crippen molar-refractivity contribution in [2.45, 2.75) is 44.8 Å². The summed E-state index contributed by atoms with van der Waals surface area (Å²) in [7, 11) is 0. The molecular weight excluding hydrogens is 402 g/mol. The van der Waals surface area contributed by atoms with Crippen LogP contribution in [0.4, 0.5) is 0 Å². The molecule has 1 aromatic heterocycles. The zero-order valence-corrected chi connectivity index (χ0v) is 18.6. The minimum absolute atomic E-state index is 0.250. The van der Waals surface area contributed by atoms with Gasteiger partial charge in [-0.15, -0.1) is 0 Å². The molecule has 0 bridgehead atoms. The van der Waals surface area contributed by atoms with Crippen molar-refractivity contribution < 1.29 is 15.1 Å². The van der Waals surface area contributed by atoms with Crippen molar-refractivity contribution in [2.75, 3.05) is 13.1 Å². The third kappa shape index (κ3) is 5.10. The summed E-state index contributed by atoms with van der Waals surface area (Å²) < 4.78 is 0. The van der Waals surface area contributed by atoms with Crippen molar-refractivity contribution in [3.05, 3.63) is 77.0 Å². The summed E-state index contributed by atoms with van der Waals surface area (Å²) in [5.74, 6) is -0.544. The molecule has 168 valence electrons. The first kappa shape index (κ1) is 22.3. The predicted octanol–water partition coefficient (Wildman–Crippen LogP) is 3.99. The van der Waals surface area contributed by atoms with Crippen LogP contribution in [0.1, 0.15) is 48.6 Å². The molecule has 3 aromatic rings. The minimum atomic E-state index is -0.788. The van der Waals surface area contributed by atoms with E-state index in [1.165, 1.54) is 28.2 Å². The number of H-pyrrole nitrogens is 1. The summed E-state index contributed by atoms with van der Waals surface area (Å²) >= 11 is 0. The summed E-state index contributed by atoms with van der Waals surface area (Å²) in [5.41, 5.74) is 6.76.